The zero-order valence-electron chi connectivity index (χ0n) is 8.17. The number of aryl methyl sites for hydroxylation is 1. The van der Waals surface area contributed by atoms with Crippen molar-refractivity contribution in [3.8, 4) is 0 Å². The molecule has 1 rings (SSSR count). The van der Waals surface area contributed by atoms with E-state index in [0.29, 0.717) is 0 Å². The average molecular weight is 250 g/mol. The van der Waals surface area contributed by atoms with E-state index in [1.165, 1.54) is 24.3 Å². The van der Waals surface area contributed by atoms with Crippen molar-refractivity contribution in [1.82, 2.24) is 0 Å². The summed E-state index contributed by atoms with van der Waals surface area (Å²) in [5, 5.41) is 0. The van der Waals surface area contributed by atoms with E-state index in [9.17, 15) is 16.8 Å². The minimum atomic E-state index is -4.59. The van der Waals surface area contributed by atoms with Gasteiger partial charge in [-0.25, -0.2) is 8.42 Å². The fraction of sp³-hybridized carbons (Fsp3) is 0.250. The molecule has 15 heavy (non-hydrogen) atoms. The minimum Gasteiger partial charge on any atom is -0.261 e. The van der Waals surface area contributed by atoms with Crippen LogP contribution in [-0.4, -0.2) is 23.9 Å². The van der Waals surface area contributed by atoms with Crippen molar-refractivity contribution < 1.29 is 21.0 Å². The highest BCUT2D eigenvalue weighted by Crippen LogP contribution is 2.18. The lowest BCUT2D eigenvalue weighted by molar-refractivity contribution is 0.408. The number of hydrogen-bond acceptors (Lipinski definition) is 5. The van der Waals surface area contributed by atoms with Gasteiger partial charge in [0, 0.05) is 0 Å². The highest BCUT2D eigenvalue weighted by Gasteiger charge is 2.31. The summed E-state index contributed by atoms with van der Waals surface area (Å²) >= 11 is 0. The van der Waals surface area contributed by atoms with Crippen LogP contribution in [0.3, 0.4) is 0 Å². The summed E-state index contributed by atoms with van der Waals surface area (Å²) in [6, 6.07) is 5.47. The molecule has 0 aliphatic heterocycles. The molecular formula is C8H10O5S2. The van der Waals surface area contributed by atoms with E-state index < -0.39 is 18.0 Å². The number of hydrogen-bond donors (Lipinski definition) is 0. The third-order valence-electron chi connectivity index (χ3n) is 1.78. The van der Waals surface area contributed by atoms with Crippen LogP contribution in [0.5, 0.6) is 0 Å². The summed E-state index contributed by atoms with van der Waals surface area (Å²) in [5.74, 6) is 0. The molecule has 0 spiro atoms. The Hall–Kier alpha value is -0.920. The monoisotopic (exact) mass is 250 g/mol. The molecule has 0 atom stereocenters. The maximum Gasteiger partial charge on any atom is 0.379 e. The Morgan fingerprint density at radius 3 is 1.87 bits per heavy atom. The molecule has 0 N–H and O–H groups in total. The van der Waals surface area contributed by atoms with Crippen LogP contribution in [0.2, 0.25) is 0 Å². The Kier molecular flexibility index (Phi) is 3.17. The molecule has 0 aliphatic carbocycles. The zero-order valence-corrected chi connectivity index (χ0v) is 9.80. The quantitative estimate of drug-likeness (QED) is 0.736. The van der Waals surface area contributed by atoms with Gasteiger partial charge in [0.15, 0.2) is 0 Å². The third kappa shape index (κ3) is 2.19. The number of benzene rings is 1. The molecule has 0 aromatic heterocycles. The van der Waals surface area contributed by atoms with Crippen LogP contribution in [0.1, 0.15) is 5.56 Å². The summed E-state index contributed by atoms with van der Waals surface area (Å²) in [5.41, 5.74) is 0.837. The molecule has 0 amide bonds. The molecule has 0 saturated heterocycles. The summed E-state index contributed by atoms with van der Waals surface area (Å²) < 4.78 is 49.1. The second-order valence-electron chi connectivity index (χ2n) is 2.84. The molecule has 0 fully saturated rings. The molecule has 0 heterocycles. The van der Waals surface area contributed by atoms with Gasteiger partial charge in [-0.3, -0.25) is 4.18 Å². The molecule has 0 bridgehead atoms. The van der Waals surface area contributed by atoms with Crippen molar-refractivity contribution in [2.45, 2.75) is 11.8 Å². The maximum absolute atomic E-state index is 11.5. The van der Waals surface area contributed by atoms with Gasteiger partial charge in [-0.15, -0.1) is 0 Å². The Morgan fingerprint density at radius 1 is 1.00 bits per heavy atom. The molecule has 0 saturated carbocycles. The lowest BCUT2D eigenvalue weighted by atomic mass is 10.2. The van der Waals surface area contributed by atoms with Crippen molar-refractivity contribution in [3.05, 3.63) is 29.8 Å². The van der Waals surface area contributed by atoms with Crippen molar-refractivity contribution in [1.29, 1.82) is 0 Å². The van der Waals surface area contributed by atoms with Gasteiger partial charge in [-0.2, -0.15) is 8.42 Å². The van der Waals surface area contributed by atoms with Gasteiger partial charge in [-0.1, -0.05) is 17.7 Å². The van der Waals surface area contributed by atoms with E-state index in [1.54, 1.807) is 6.92 Å². The van der Waals surface area contributed by atoms with E-state index >= 15 is 0 Å². The number of rotatable bonds is 3. The van der Waals surface area contributed by atoms with Crippen LogP contribution in [0.25, 0.3) is 0 Å². The van der Waals surface area contributed by atoms with Crippen molar-refractivity contribution in [2.75, 3.05) is 7.11 Å². The predicted molar refractivity (Wildman–Crippen MR) is 54.3 cm³/mol. The average Bonchev–Trinajstić information content (AvgIpc) is 2.18. The summed E-state index contributed by atoms with van der Waals surface area (Å²) in [4.78, 5) is -0.296. The second kappa shape index (κ2) is 3.92. The molecule has 0 aliphatic rings. The van der Waals surface area contributed by atoms with Gasteiger partial charge in [-0.05, 0) is 19.1 Å². The van der Waals surface area contributed by atoms with E-state index in [-0.39, 0.29) is 4.90 Å². The molecule has 84 valence electrons. The van der Waals surface area contributed by atoms with Crippen LogP contribution in [0, 0.1) is 6.92 Å². The van der Waals surface area contributed by atoms with Crippen LogP contribution < -0.4 is 0 Å². The summed E-state index contributed by atoms with van der Waals surface area (Å²) in [6.45, 7) is 1.77. The first-order valence-electron chi connectivity index (χ1n) is 3.93. The Morgan fingerprint density at radius 2 is 1.47 bits per heavy atom. The molecular weight excluding hydrogens is 240 g/mol. The summed E-state index contributed by atoms with van der Waals surface area (Å²) in [7, 11) is -8.24. The van der Waals surface area contributed by atoms with Gasteiger partial charge < -0.3 is 0 Å². The Bertz CT molecular complexity index is 539. The Labute approximate surface area is 88.1 Å². The standard InChI is InChI=1S/C8H10O5S2/c1-7-3-5-8(6-4-7)14(9,10)15(11,12)13-2/h3-6H,1-2H3. The van der Waals surface area contributed by atoms with Crippen LogP contribution in [-0.2, 0) is 22.2 Å². The topological polar surface area (TPSA) is 77.5 Å². The molecule has 1 aromatic rings. The van der Waals surface area contributed by atoms with Crippen LogP contribution in [0.4, 0.5) is 0 Å². The van der Waals surface area contributed by atoms with Crippen molar-refractivity contribution in [2.24, 2.45) is 0 Å². The third-order valence-corrected chi connectivity index (χ3v) is 6.18. The lowest BCUT2D eigenvalue weighted by Gasteiger charge is -2.03. The van der Waals surface area contributed by atoms with Crippen LogP contribution >= 0.6 is 0 Å². The lowest BCUT2D eigenvalue weighted by Crippen LogP contribution is -2.16. The molecule has 0 unspecified atom stereocenters. The van der Waals surface area contributed by atoms with E-state index in [2.05, 4.69) is 4.18 Å². The van der Waals surface area contributed by atoms with E-state index in [4.69, 9.17) is 0 Å². The smallest absolute Gasteiger partial charge is 0.261 e. The Balaban J connectivity index is 3.37. The first-order valence-corrected chi connectivity index (χ1v) is 7.34. The van der Waals surface area contributed by atoms with Crippen LogP contribution in [0.15, 0.2) is 29.2 Å². The predicted octanol–water partition coefficient (Wildman–Crippen LogP) is 0.660. The normalized spacial score (nSPS) is 12.7. The zero-order chi connectivity index (χ0) is 11.7. The van der Waals surface area contributed by atoms with Crippen molar-refractivity contribution >= 4 is 18.0 Å². The fourth-order valence-corrected chi connectivity index (χ4v) is 3.37. The highest BCUT2D eigenvalue weighted by atomic mass is 33.2. The first-order chi connectivity index (χ1) is 6.81. The fourth-order valence-electron chi connectivity index (χ4n) is 0.912. The van der Waals surface area contributed by atoms with Gasteiger partial charge in [0.05, 0.1) is 12.0 Å². The largest absolute Gasteiger partial charge is 0.379 e. The molecule has 5 nitrogen and oxygen atoms in total. The van der Waals surface area contributed by atoms with Gasteiger partial charge >= 0.3 is 18.0 Å². The van der Waals surface area contributed by atoms with Gasteiger partial charge in [0.25, 0.3) is 0 Å². The van der Waals surface area contributed by atoms with E-state index in [1.807, 2.05) is 0 Å². The summed E-state index contributed by atoms with van der Waals surface area (Å²) in [6.07, 6.45) is 0. The first kappa shape index (κ1) is 12.2. The SMILES string of the molecule is COS(=O)(=O)S(=O)(=O)c1ccc(C)cc1. The van der Waals surface area contributed by atoms with Crippen molar-refractivity contribution in [3.63, 3.8) is 0 Å². The maximum atomic E-state index is 11.5. The van der Waals surface area contributed by atoms with Gasteiger partial charge in [0.1, 0.15) is 0 Å². The molecule has 1 aromatic carbocycles. The van der Waals surface area contributed by atoms with Gasteiger partial charge in [0.2, 0.25) is 0 Å². The molecule has 7 heteroatoms. The van der Waals surface area contributed by atoms with E-state index in [0.717, 1.165) is 12.7 Å². The highest BCUT2D eigenvalue weighted by molar-refractivity contribution is 8.65. The molecule has 0 radical (unpaired) electrons. The second-order valence-corrected chi connectivity index (χ2v) is 7.91. The minimum absolute atomic E-state index is 0.296.